The average molecular weight is 251 g/mol. The first-order chi connectivity index (χ1) is 8.50. The quantitative estimate of drug-likeness (QED) is 0.866. The third-order valence-electron chi connectivity index (χ3n) is 3.27. The van der Waals surface area contributed by atoms with E-state index in [9.17, 15) is 4.79 Å². The van der Waals surface area contributed by atoms with Crippen molar-refractivity contribution in [1.29, 1.82) is 0 Å². The maximum absolute atomic E-state index is 12.5. The van der Waals surface area contributed by atoms with Crippen molar-refractivity contribution in [2.24, 2.45) is 0 Å². The standard InChI is InChI=1S/C13H21N3O2/c1-9(2)16-7-11(14)6-12(16)13(17)15-4-5-18-8-10(15)3/h6-7,9-10H,4-5,8,14H2,1-3H3. The maximum atomic E-state index is 12.5. The lowest BCUT2D eigenvalue weighted by molar-refractivity contribution is 0.00295. The van der Waals surface area contributed by atoms with E-state index in [1.165, 1.54) is 0 Å². The number of carbonyl (C=O) groups is 1. The summed E-state index contributed by atoms with van der Waals surface area (Å²) >= 11 is 0. The van der Waals surface area contributed by atoms with E-state index in [0.29, 0.717) is 31.1 Å². The molecule has 5 nitrogen and oxygen atoms in total. The van der Waals surface area contributed by atoms with Gasteiger partial charge < -0.3 is 19.9 Å². The predicted molar refractivity (Wildman–Crippen MR) is 70.5 cm³/mol. The van der Waals surface area contributed by atoms with Crippen LogP contribution in [0, 0.1) is 0 Å². The number of ether oxygens (including phenoxy) is 1. The van der Waals surface area contributed by atoms with Gasteiger partial charge in [0.05, 0.1) is 24.9 Å². The van der Waals surface area contributed by atoms with Gasteiger partial charge >= 0.3 is 0 Å². The van der Waals surface area contributed by atoms with E-state index in [2.05, 4.69) is 0 Å². The normalized spacial score (nSPS) is 20.4. The molecule has 2 N–H and O–H groups in total. The van der Waals surface area contributed by atoms with Crippen LogP contribution in [0.15, 0.2) is 12.3 Å². The molecule has 1 atom stereocenters. The summed E-state index contributed by atoms with van der Waals surface area (Å²) in [4.78, 5) is 14.4. The van der Waals surface area contributed by atoms with Gasteiger partial charge in [-0.2, -0.15) is 0 Å². The van der Waals surface area contributed by atoms with Gasteiger partial charge in [-0.3, -0.25) is 4.79 Å². The molecule has 1 saturated heterocycles. The zero-order valence-corrected chi connectivity index (χ0v) is 11.2. The minimum atomic E-state index is 0.0381. The summed E-state index contributed by atoms with van der Waals surface area (Å²) in [5.74, 6) is 0.0381. The van der Waals surface area contributed by atoms with Crippen LogP contribution in [-0.4, -0.2) is 41.2 Å². The van der Waals surface area contributed by atoms with Crippen molar-refractivity contribution < 1.29 is 9.53 Å². The lowest BCUT2D eigenvalue weighted by Crippen LogP contribution is -2.47. The molecule has 1 aliphatic heterocycles. The van der Waals surface area contributed by atoms with Gasteiger partial charge in [0.15, 0.2) is 0 Å². The first kappa shape index (κ1) is 13.0. The van der Waals surface area contributed by atoms with Gasteiger partial charge in [0.25, 0.3) is 5.91 Å². The van der Waals surface area contributed by atoms with E-state index >= 15 is 0 Å². The molecule has 1 aromatic heterocycles. The molecule has 0 radical (unpaired) electrons. The molecule has 0 spiro atoms. The van der Waals surface area contributed by atoms with Crippen LogP contribution in [-0.2, 0) is 4.74 Å². The molecule has 1 amide bonds. The number of nitrogens with zero attached hydrogens (tertiary/aromatic N) is 2. The summed E-state index contributed by atoms with van der Waals surface area (Å²) in [6.45, 7) is 7.93. The smallest absolute Gasteiger partial charge is 0.270 e. The Bertz CT molecular complexity index is 439. The summed E-state index contributed by atoms with van der Waals surface area (Å²) in [5.41, 5.74) is 7.10. The van der Waals surface area contributed by atoms with Crippen molar-refractivity contribution in [1.82, 2.24) is 9.47 Å². The van der Waals surface area contributed by atoms with Crippen molar-refractivity contribution in [3.05, 3.63) is 18.0 Å². The highest BCUT2D eigenvalue weighted by Crippen LogP contribution is 2.20. The number of aromatic nitrogens is 1. The van der Waals surface area contributed by atoms with Crippen molar-refractivity contribution in [2.75, 3.05) is 25.5 Å². The molecule has 1 fully saturated rings. The summed E-state index contributed by atoms with van der Waals surface area (Å²) in [6, 6.07) is 2.09. The van der Waals surface area contributed by atoms with E-state index < -0.39 is 0 Å². The van der Waals surface area contributed by atoms with Crippen LogP contribution in [0.1, 0.15) is 37.3 Å². The number of morpholine rings is 1. The van der Waals surface area contributed by atoms with Gasteiger partial charge in [0, 0.05) is 18.8 Å². The Morgan fingerprint density at radius 1 is 1.56 bits per heavy atom. The molecular formula is C13H21N3O2. The molecule has 100 valence electrons. The predicted octanol–water partition coefficient (Wildman–Crippen LogP) is 1.51. The summed E-state index contributed by atoms with van der Waals surface area (Å²) in [6.07, 6.45) is 1.82. The lowest BCUT2D eigenvalue weighted by atomic mass is 10.2. The number of hydrogen-bond acceptors (Lipinski definition) is 3. The van der Waals surface area contributed by atoms with Gasteiger partial charge in [0.2, 0.25) is 0 Å². The molecule has 18 heavy (non-hydrogen) atoms. The molecular weight excluding hydrogens is 230 g/mol. The van der Waals surface area contributed by atoms with E-state index in [-0.39, 0.29) is 18.0 Å². The molecule has 2 heterocycles. The van der Waals surface area contributed by atoms with Gasteiger partial charge in [-0.25, -0.2) is 0 Å². The van der Waals surface area contributed by atoms with Gasteiger partial charge in [-0.15, -0.1) is 0 Å². The van der Waals surface area contributed by atoms with Crippen LogP contribution in [0.25, 0.3) is 0 Å². The van der Waals surface area contributed by atoms with E-state index in [0.717, 1.165) is 0 Å². The van der Waals surface area contributed by atoms with Crippen LogP contribution in [0.4, 0.5) is 5.69 Å². The Hall–Kier alpha value is -1.49. The number of hydrogen-bond donors (Lipinski definition) is 1. The van der Waals surface area contributed by atoms with Gasteiger partial charge in [0.1, 0.15) is 5.69 Å². The Morgan fingerprint density at radius 3 is 2.89 bits per heavy atom. The highest BCUT2D eigenvalue weighted by molar-refractivity contribution is 5.94. The second-order valence-electron chi connectivity index (χ2n) is 5.08. The number of rotatable bonds is 2. The number of amides is 1. The van der Waals surface area contributed by atoms with Crippen LogP contribution >= 0.6 is 0 Å². The first-order valence-corrected chi connectivity index (χ1v) is 6.36. The van der Waals surface area contributed by atoms with E-state index in [1.54, 1.807) is 6.07 Å². The molecule has 1 unspecified atom stereocenters. The summed E-state index contributed by atoms with van der Waals surface area (Å²) in [7, 11) is 0. The fourth-order valence-electron chi connectivity index (χ4n) is 2.28. The lowest BCUT2D eigenvalue weighted by Gasteiger charge is -2.33. The highest BCUT2D eigenvalue weighted by atomic mass is 16.5. The number of nitrogen functional groups attached to an aromatic ring is 1. The summed E-state index contributed by atoms with van der Waals surface area (Å²) in [5, 5.41) is 0. The number of nitrogens with two attached hydrogens (primary N) is 1. The Labute approximate surface area is 108 Å². The Morgan fingerprint density at radius 2 is 2.28 bits per heavy atom. The van der Waals surface area contributed by atoms with Crippen molar-refractivity contribution in [3.8, 4) is 0 Å². The highest BCUT2D eigenvalue weighted by Gasteiger charge is 2.27. The fourth-order valence-corrected chi connectivity index (χ4v) is 2.28. The van der Waals surface area contributed by atoms with Crippen molar-refractivity contribution in [2.45, 2.75) is 32.9 Å². The Kier molecular flexibility index (Phi) is 3.61. The second-order valence-corrected chi connectivity index (χ2v) is 5.08. The van der Waals surface area contributed by atoms with Crippen molar-refractivity contribution in [3.63, 3.8) is 0 Å². The second kappa shape index (κ2) is 5.02. The van der Waals surface area contributed by atoms with Crippen LogP contribution in [0.2, 0.25) is 0 Å². The fraction of sp³-hybridized carbons (Fsp3) is 0.615. The monoisotopic (exact) mass is 251 g/mol. The molecule has 1 aliphatic rings. The Balaban J connectivity index is 2.27. The van der Waals surface area contributed by atoms with Crippen LogP contribution in [0.3, 0.4) is 0 Å². The molecule has 5 heteroatoms. The molecule has 2 rings (SSSR count). The zero-order valence-electron chi connectivity index (χ0n) is 11.2. The van der Waals surface area contributed by atoms with Gasteiger partial charge in [-0.05, 0) is 26.8 Å². The van der Waals surface area contributed by atoms with E-state index in [1.807, 2.05) is 36.4 Å². The average Bonchev–Trinajstić information content (AvgIpc) is 2.71. The maximum Gasteiger partial charge on any atom is 0.270 e. The molecule has 0 aliphatic carbocycles. The molecule has 1 aromatic rings. The van der Waals surface area contributed by atoms with Crippen LogP contribution < -0.4 is 5.73 Å². The van der Waals surface area contributed by atoms with Crippen LogP contribution in [0.5, 0.6) is 0 Å². The number of anilines is 1. The van der Waals surface area contributed by atoms with Crippen molar-refractivity contribution >= 4 is 11.6 Å². The third-order valence-corrected chi connectivity index (χ3v) is 3.27. The molecule has 0 saturated carbocycles. The topological polar surface area (TPSA) is 60.5 Å². The first-order valence-electron chi connectivity index (χ1n) is 6.36. The van der Waals surface area contributed by atoms with Gasteiger partial charge in [-0.1, -0.05) is 0 Å². The molecule has 0 bridgehead atoms. The summed E-state index contributed by atoms with van der Waals surface area (Å²) < 4.78 is 7.29. The minimum absolute atomic E-state index is 0.0381. The SMILES string of the molecule is CC1COCCN1C(=O)c1cc(N)cn1C(C)C. The van der Waals surface area contributed by atoms with E-state index in [4.69, 9.17) is 10.5 Å². The largest absolute Gasteiger partial charge is 0.397 e. The minimum Gasteiger partial charge on any atom is -0.397 e. The third kappa shape index (κ3) is 2.36. The molecule has 0 aromatic carbocycles. The number of carbonyl (C=O) groups excluding carboxylic acids is 1. The zero-order chi connectivity index (χ0) is 13.3.